The van der Waals surface area contributed by atoms with E-state index in [2.05, 4.69) is 60.6 Å². The molecule has 2 unspecified atom stereocenters. The van der Waals surface area contributed by atoms with Crippen molar-refractivity contribution in [3.63, 3.8) is 0 Å². The smallest absolute Gasteiger partial charge is 0.0400 e. The number of benzene rings is 1. The number of allylic oxidation sites excluding steroid dienone is 2. The summed E-state index contributed by atoms with van der Waals surface area (Å²) in [5.74, 6) is 0. The molecular formula is C24H31N. The van der Waals surface area contributed by atoms with E-state index < -0.39 is 0 Å². The van der Waals surface area contributed by atoms with Crippen LogP contribution in [0.5, 0.6) is 0 Å². The molecule has 1 aromatic rings. The van der Waals surface area contributed by atoms with Gasteiger partial charge in [0.2, 0.25) is 0 Å². The van der Waals surface area contributed by atoms with E-state index in [4.69, 9.17) is 0 Å². The van der Waals surface area contributed by atoms with E-state index in [0.717, 1.165) is 19.4 Å². The third-order valence-electron chi connectivity index (χ3n) is 5.67. The van der Waals surface area contributed by atoms with Crippen LogP contribution in [0.2, 0.25) is 0 Å². The van der Waals surface area contributed by atoms with Gasteiger partial charge in [0.1, 0.15) is 0 Å². The lowest BCUT2D eigenvalue weighted by atomic mass is 9.96. The lowest BCUT2D eigenvalue weighted by molar-refractivity contribution is 0.176. The Labute approximate surface area is 153 Å². The van der Waals surface area contributed by atoms with Gasteiger partial charge in [-0.05, 0) is 60.0 Å². The monoisotopic (exact) mass is 333 g/mol. The molecule has 2 atom stereocenters. The molecule has 3 aliphatic carbocycles. The molecule has 0 amide bonds. The maximum absolute atomic E-state index is 4.36. The number of rotatable bonds is 4. The average Bonchev–Trinajstić information content (AvgIpc) is 3.24. The summed E-state index contributed by atoms with van der Waals surface area (Å²) >= 11 is 0. The molecule has 0 bridgehead atoms. The van der Waals surface area contributed by atoms with E-state index in [-0.39, 0.29) is 0 Å². The standard InChI is InChI=1S/C22H25N.C2H6/c1-3-14-23(21-13-12-17-8-4-5-10-19(17)21)22-15-16(2)18-9-6-7-11-20(18)22;1-2/h3-5,7-8,10-11,21-22H,1-2,6,9,12-15H2;1-2H3. The van der Waals surface area contributed by atoms with Crippen molar-refractivity contribution in [1.29, 1.82) is 0 Å². The molecule has 1 aromatic carbocycles. The Morgan fingerprint density at radius 3 is 2.76 bits per heavy atom. The summed E-state index contributed by atoms with van der Waals surface area (Å²) in [7, 11) is 0. The molecule has 132 valence electrons. The van der Waals surface area contributed by atoms with Crippen LogP contribution < -0.4 is 0 Å². The zero-order valence-corrected chi connectivity index (χ0v) is 15.8. The second kappa shape index (κ2) is 8.01. The summed E-state index contributed by atoms with van der Waals surface area (Å²) in [6.07, 6.45) is 12.6. The molecule has 0 fully saturated rings. The maximum atomic E-state index is 4.36. The Kier molecular flexibility index (Phi) is 5.75. The Balaban J connectivity index is 0.000000880. The van der Waals surface area contributed by atoms with Crippen molar-refractivity contribution in [1.82, 2.24) is 4.90 Å². The van der Waals surface area contributed by atoms with E-state index >= 15 is 0 Å². The van der Waals surface area contributed by atoms with Gasteiger partial charge in [0.25, 0.3) is 0 Å². The molecule has 0 spiro atoms. The van der Waals surface area contributed by atoms with Gasteiger partial charge in [-0.25, -0.2) is 0 Å². The molecule has 0 saturated heterocycles. The molecule has 0 heterocycles. The molecule has 4 rings (SSSR count). The minimum absolute atomic E-state index is 0.475. The van der Waals surface area contributed by atoms with Gasteiger partial charge in [-0.2, -0.15) is 0 Å². The summed E-state index contributed by atoms with van der Waals surface area (Å²) in [4.78, 5) is 2.67. The van der Waals surface area contributed by atoms with Crippen molar-refractivity contribution < 1.29 is 0 Å². The normalized spacial score (nSPS) is 24.0. The van der Waals surface area contributed by atoms with E-state index in [1.54, 1.807) is 0 Å². The fourth-order valence-corrected chi connectivity index (χ4v) is 4.64. The molecule has 0 N–H and O–H groups in total. The quantitative estimate of drug-likeness (QED) is 0.596. The van der Waals surface area contributed by atoms with Gasteiger partial charge in [0.15, 0.2) is 0 Å². The predicted octanol–water partition coefficient (Wildman–Crippen LogP) is 6.16. The first-order valence-electron chi connectivity index (χ1n) is 9.81. The Bertz CT molecular complexity index is 707. The van der Waals surface area contributed by atoms with E-state index in [0.29, 0.717) is 12.1 Å². The predicted molar refractivity (Wildman–Crippen MR) is 109 cm³/mol. The Hall–Kier alpha value is -1.86. The third-order valence-corrected chi connectivity index (χ3v) is 5.67. The SMILES string of the molecule is C=CCN(C1CC(=C)C2=C1C=CCC2)C1CCc2ccccc21.CC. The van der Waals surface area contributed by atoms with Gasteiger partial charge in [0.05, 0.1) is 0 Å². The van der Waals surface area contributed by atoms with Crippen LogP contribution in [-0.2, 0) is 6.42 Å². The van der Waals surface area contributed by atoms with Crippen molar-refractivity contribution >= 4 is 0 Å². The number of fused-ring (bicyclic) bond motifs is 1. The fraction of sp³-hybridized carbons (Fsp3) is 0.417. The molecule has 0 aromatic heterocycles. The Morgan fingerprint density at radius 1 is 1.16 bits per heavy atom. The van der Waals surface area contributed by atoms with E-state index in [1.807, 2.05) is 13.8 Å². The first kappa shape index (κ1) is 17.9. The second-order valence-electron chi connectivity index (χ2n) is 6.94. The van der Waals surface area contributed by atoms with Crippen LogP contribution in [0.15, 0.2) is 72.4 Å². The second-order valence-corrected chi connectivity index (χ2v) is 6.94. The third kappa shape index (κ3) is 3.30. The van der Waals surface area contributed by atoms with Gasteiger partial charge < -0.3 is 0 Å². The van der Waals surface area contributed by atoms with Crippen molar-refractivity contribution in [2.75, 3.05) is 6.54 Å². The lowest BCUT2D eigenvalue weighted by Gasteiger charge is -2.35. The van der Waals surface area contributed by atoms with E-state index in [1.165, 1.54) is 47.1 Å². The van der Waals surface area contributed by atoms with Crippen LogP contribution in [-0.4, -0.2) is 17.5 Å². The topological polar surface area (TPSA) is 3.24 Å². The van der Waals surface area contributed by atoms with Crippen molar-refractivity contribution in [3.8, 4) is 0 Å². The highest BCUT2D eigenvalue weighted by Gasteiger charge is 2.37. The average molecular weight is 334 g/mol. The van der Waals surface area contributed by atoms with Crippen LogP contribution in [0.1, 0.15) is 56.7 Å². The lowest BCUT2D eigenvalue weighted by Crippen LogP contribution is -2.37. The van der Waals surface area contributed by atoms with Crippen LogP contribution in [0.3, 0.4) is 0 Å². The highest BCUT2D eigenvalue weighted by molar-refractivity contribution is 5.51. The van der Waals surface area contributed by atoms with Crippen molar-refractivity contribution in [2.45, 2.75) is 58.0 Å². The van der Waals surface area contributed by atoms with Crippen LogP contribution >= 0.6 is 0 Å². The van der Waals surface area contributed by atoms with Gasteiger partial charge in [-0.15, -0.1) is 6.58 Å². The molecular weight excluding hydrogens is 302 g/mol. The number of hydrogen-bond donors (Lipinski definition) is 0. The van der Waals surface area contributed by atoms with Gasteiger partial charge in [-0.3, -0.25) is 4.90 Å². The van der Waals surface area contributed by atoms with Crippen molar-refractivity contribution in [3.05, 3.63) is 83.5 Å². The van der Waals surface area contributed by atoms with Crippen LogP contribution in [0.4, 0.5) is 0 Å². The molecule has 1 nitrogen and oxygen atoms in total. The first-order valence-corrected chi connectivity index (χ1v) is 9.81. The fourth-order valence-electron chi connectivity index (χ4n) is 4.64. The minimum Gasteiger partial charge on any atom is -0.285 e. The van der Waals surface area contributed by atoms with E-state index in [9.17, 15) is 0 Å². The highest BCUT2D eigenvalue weighted by atomic mass is 15.2. The first-order chi connectivity index (χ1) is 12.3. The summed E-state index contributed by atoms with van der Waals surface area (Å²) in [6, 6.07) is 9.95. The van der Waals surface area contributed by atoms with Gasteiger partial charge in [-0.1, -0.05) is 62.9 Å². The zero-order chi connectivity index (χ0) is 17.8. The molecule has 3 aliphatic rings. The highest BCUT2D eigenvalue weighted by Crippen LogP contribution is 2.44. The molecule has 25 heavy (non-hydrogen) atoms. The molecule has 0 aliphatic heterocycles. The summed E-state index contributed by atoms with van der Waals surface area (Å²) in [5, 5.41) is 0. The molecule has 0 radical (unpaired) electrons. The summed E-state index contributed by atoms with van der Waals surface area (Å²) < 4.78 is 0. The minimum atomic E-state index is 0.475. The number of nitrogens with zero attached hydrogens (tertiary/aromatic N) is 1. The molecule has 1 heteroatoms. The zero-order valence-electron chi connectivity index (χ0n) is 15.8. The maximum Gasteiger partial charge on any atom is 0.0400 e. The number of hydrogen-bond acceptors (Lipinski definition) is 1. The van der Waals surface area contributed by atoms with Gasteiger partial charge >= 0.3 is 0 Å². The largest absolute Gasteiger partial charge is 0.285 e. The summed E-state index contributed by atoms with van der Waals surface area (Å²) in [5.41, 5.74) is 7.45. The number of aryl methyl sites for hydroxylation is 1. The van der Waals surface area contributed by atoms with Crippen molar-refractivity contribution in [2.24, 2.45) is 0 Å². The van der Waals surface area contributed by atoms with Crippen LogP contribution in [0.25, 0.3) is 0 Å². The summed E-state index contributed by atoms with van der Waals surface area (Å²) in [6.45, 7) is 13.3. The van der Waals surface area contributed by atoms with Crippen LogP contribution in [0, 0.1) is 0 Å². The molecule has 0 saturated carbocycles. The van der Waals surface area contributed by atoms with Gasteiger partial charge in [0, 0.05) is 18.6 Å². The Morgan fingerprint density at radius 2 is 1.96 bits per heavy atom.